The number of benzene rings is 1. The molecule has 0 aliphatic heterocycles. The zero-order valence-electron chi connectivity index (χ0n) is 11.0. The smallest absolute Gasteiger partial charge is 0.127 e. The third-order valence-electron chi connectivity index (χ3n) is 3.07. The molecular formula is C14H23FN2. The lowest BCUT2D eigenvalue weighted by Gasteiger charge is -2.18. The summed E-state index contributed by atoms with van der Waals surface area (Å²) in [6, 6.07) is 7.54. The Morgan fingerprint density at radius 1 is 1.35 bits per heavy atom. The van der Waals surface area contributed by atoms with Crippen molar-refractivity contribution in [2.45, 2.75) is 32.4 Å². The Hall–Kier alpha value is -0.930. The molecule has 17 heavy (non-hydrogen) atoms. The average molecular weight is 238 g/mol. The molecule has 0 saturated heterocycles. The molecule has 0 amide bonds. The number of nitrogens with zero attached hydrogens (tertiary/aromatic N) is 1. The van der Waals surface area contributed by atoms with Gasteiger partial charge in [0.25, 0.3) is 0 Å². The van der Waals surface area contributed by atoms with E-state index in [1.54, 1.807) is 6.07 Å². The Labute approximate surface area is 104 Å². The highest BCUT2D eigenvalue weighted by molar-refractivity contribution is 5.16. The van der Waals surface area contributed by atoms with Crippen molar-refractivity contribution in [2.75, 3.05) is 20.6 Å². The van der Waals surface area contributed by atoms with Crippen LogP contribution in [0, 0.1) is 5.82 Å². The summed E-state index contributed by atoms with van der Waals surface area (Å²) >= 11 is 0. The summed E-state index contributed by atoms with van der Waals surface area (Å²) in [4.78, 5) is 2.17. The third kappa shape index (κ3) is 5.29. The monoisotopic (exact) mass is 238 g/mol. The van der Waals surface area contributed by atoms with Gasteiger partial charge < -0.3 is 10.2 Å². The van der Waals surface area contributed by atoms with Crippen LogP contribution in [0.25, 0.3) is 0 Å². The van der Waals surface area contributed by atoms with Crippen molar-refractivity contribution in [3.8, 4) is 0 Å². The minimum atomic E-state index is -0.108. The molecule has 3 heteroatoms. The number of rotatable bonds is 7. The van der Waals surface area contributed by atoms with E-state index in [-0.39, 0.29) is 5.82 Å². The van der Waals surface area contributed by atoms with Crippen molar-refractivity contribution in [2.24, 2.45) is 0 Å². The maximum absolute atomic E-state index is 13.4. The van der Waals surface area contributed by atoms with Gasteiger partial charge in [0.1, 0.15) is 5.82 Å². The molecular weight excluding hydrogens is 215 g/mol. The van der Waals surface area contributed by atoms with Crippen LogP contribution in [0.2, 0.25) is 0 Å². The lowest BCUT2D eigenvalue weighted by atomic mass is 10.1. The van der Waals surface area contributed by atoms with E-state index >= 15 is 0 Å². The first-order valence-corrected chi connectivity index (χ1v) is 6.22. The summed E-state index contributed by atoms with van der Waals surface area (Å²) < 4.78 is 13.4. The van der Waals surface area contributed by atoms with Gasteiger partial charge in [-0.1, -0.05) is 18.2 Å². The Kier molecular flexibility index (Phi) is 6.16. The molecule has 1 rings (SSSR count). The lowest BCUT2D eigenvalue weighted by molar-refractivity contribution is 0.307. The molecule has 0 aliphatic rings. The Bertz CT molecular complexity index is 328. The van der Waals surface area contributed by atoms with Gasteiger partial charge in [-0.25, -0.2) is 4.39 Å². The molecule has 2 nitrogen and oxygen atoms in total. The lowest BCUT2D eigenvalue weighted by Crippen LogP contribution is -2.24. The molecule has 1 aromatic carbocycles. The quantitative estimate of drug-likeness (QED) is 0.785. The summed E-state index contributed by atoms with van der Waals surface area (Å²) in [6.07, 6.45) is 2.28. The van der Waals surface area contributed by atoms with Gasteiger partial charge in [0, 0.05) is 18.2 Å². The molecule has 0 saturated carbocycles. The van der Waals surface area contributed by atoms with Crippen molar-refractivity contribution in [3.05, 3.63) is 35.6 Å². The van der Waals surface area contributed by atoms with Crippen LogP contribution >= 0.6 is 0 Å². The van der Waals surface area contributed by atoms with Crippen LogP contribution in [0.4, 0.5) is 4.39 Å². The zero-order chi connectivity index (χ0) is 12.7. The zero-order valence-corrected chi connectivity index (χ0v) is 11.0. The third-order valence-corrected chi connectivity index (χ3v) is 3.07. The first-order valence-electron chi connectivity index (χ1n) is 6.22. The Morgan fingerprint density at radius 3 is 2.71 bits per heavy atom. The van der Waals surface area contributed by atoms with E-state index < -0.39 is 0 Å². The summed E-state index contributed by atoms with van der Waals surface area (Å²) in [5, 5.41) is 3.22. The molecule has 0 radical (unpaired) electrons. The number of hydrogen-bond donors (Lipinski definition) is 1. The maximum atomic E-state index is 13.4. The first kappa shape index (κ1) is 14.1. The average Bonchev–Trinajstić information content (AvgIpc) is 2.32. The number of hydrogen-bond acceptors (Lipinski definition) is 2. The van der Waals surface area contributed by atoms with Crippen LogP contribution in [0.1, 0.15) is 25.3 Å². The fraction of sp³-hybridized carbons (Fsp3) is 0.571. The van der Waals surface area contributed by atoms with E-state index in [1.165, 1.54) is 6.07 Å². The highest BCUT2D eigenvalue weighted by atomic mass is 19.1. The van der Waals surface area contributed by atoms with E-state index in [0.717, 1.165) is 24.9 Å². The largest absolute Gasteiger partial charge is 0.317 e. The second-order valence-electron chi connectivity index (χ2n) is 4.66. The molecule has 0 aliphatic carbocycles. The van der Waals surface area contributed by atoms with Gasteiger partial charge in [-0.15, -0.1) is 0 Å². The van der Waals surface area contributed by atoms with Crippen molar-refractivity contribution >= 4 is 0 Å². The van der Waals surface area contributed by atoms with Gasteiger partial charge in [0.2, 0.25) is 0 Å². The molecule has 0 heterocycles. The van der Waals surface area contributed by atoms with Gasteiger partial charge in [-0.05, 0) is 46.5 Å². The van der Waals surface area contributed by atoms with Crippen molar-refractivity contribution in [3.63, 3.8) is 0 Å². The summed E-state index contributed by atoms with van der Waals surface area (Å²) in [7, 11) is 4.02. The van der Waals surface area contributed by atoms with E-state index in [9.17, 15) is 4.39 Å². The van der Waals surface area contributed by atoms with E-state index in [0.29, 0.717) is 12.6 Å². The molecule has 0 fully saturated rings. The number of nitrogens with one attached hydrogen (secondary N) is 1. The van der Waals surface area contributed by atoms with Gasteiger partial charge in [0.05, 0.1) is 0 Å². The van der Waals surface area contributed by atoms with Crippen LogP contribution in [0.15, 0.2) is 24.3 Å². The molecule has 1 N–H and O–H groups in total. The predicted octanol–water partition coefficient (Wildman–Crippen LogP) is 2.65. The highest BCUT2D eigenvalue weighted by Gasteiger charge is 2.05. The second kappa shape index (κ2) is 7.41. The van der Waals surface area contributed by atoms with Crippen LogP contribution in [0.5, 0.6) is 0 Å². The highest BCUT2D eigenvalue weighted by Crippen LogP contribution is 2.09. The van der Waals surface area contributed by atoms with Gasteiger partial charge >= 0.3 is 0 Å². The van der Waals surface area contributed by atoms with Crippen LogP contribution in [-0.2, 0) is 6.54 Å². The molecule has 0 bridgehead atoms. The SMILES string of the molecule is CNC(C)CCCN(C)Cc1ccccc1F. The molecule has 1 aromatic rings. The van der Waals surface area contributed by atoms with E-state index in [2.05, 4.69) is 17.1 Å². The van der Waals surface area contributed by atoms with Gasteiger partial charge in [-0.2, -0.15) is 0 Å². The van der Waals surface area contributed by atoms with Crippen LogP contribution < -0.4 is 5.32 Å². The molecule has 1 unspecified atom stereocenters. The minimum Gasteiger partial charge on any atom is -0.317 e. The molecule has 0 aromatic heterocycles. The standard InChI is InChI=1S/C14H23FN2/c1-12(16-2)7-6-10-17(3)11-13-8-4-5-9-14(13)15/h4-5,8-9,12,16H,6-7,10-11H2,1-3H3. The second-order valence-corrected chi connectivity index (χ2v) is 4.66. The van der Waals surface area contributed by atoms with Crippen LogP contribution in [0.3, 0.4) is 0 Å². The van der Waals surface area contributed by atoms with Gasteiger partial charge in [0.15, 0.2) is 0 Å². The fourth-order valence-corrected chi connectivity index (χ4v) is 1.81. The maximum Gasteiger partial charge on any atom is 0.127 e. The van der Waals surface area contributed by atoms with Gasteiger partial charge in [-0.3, -0.25) is 0 Å². The Balaban J connectivity index is 2.30. The fourth-order valence-electron chi connectivity index (χ4n) is 1.81. The Morgan fingerprint density at radius 2 is 2.06 bits per heavy atom. The minimum absolute atomic E-state index is 0.108. The topological polar surface area (TPSA) is 15.3 Å². The molecule has 0 spiro atoms. The molecule has 96 valence electrons. The normalized spacial score (nSPS) is 13.0. The van der Waals surface area contributed by atoms with Crippen molar-refractivity contribution in [1.29, 1.82) is 0 Å². The van der Waals surface area contributed by atoms with Crippen molar-refractivity contribution in [1.82, 2.24) is 10.2 Å². The summed E-state index contributed by atoms with van der Waals surface area (Å²) in [5.41, 5.74) is 0.775. The summed E-state index contributed by atoms with van der Waals surface area (Å²) in [5.74, 6) is -0.108. The van der Waals surface area contributed by atoms with Crippen LogP contribution in [-0.4, -0.2) is 31.6 Å². The van der Waals surface area contributed by atoms with E-state index in [4.69, 9.17) is 0 Å². The summed E-state index contributed by atoms with van der Waals surface area (Å²) in [6.45, 7) is 3.86. The van der Waals surface area contributed by atoms with E-state index in [1.807, 2.05) is 26.2 Å². The predicted molar refractivity (Wildman–Crippen MR) is 70.5 cm³/mol. The van der Waals surface area contributed by atoms with Crippen molar-refractivity contribution < 1.29 is 4.39 Å². The molecule has 1 atom stereocenters. The number of halogens is 1. The first-order chi connectivity index (χ1) is 8.13.